The summed E-state index contributed by atoms with van der Waals surface area (Å²) in [6, 6.07) is 3.08. The quantitative estimate of drug-likeness (QED) is 0.818. The Morgan fingerprint density at radius 3 is 2.42 bits per heavy atom. The average Bonchev–Trinajstić information content (AvgIpc) is 2.32. The Balaban J connectivity index is 1.92. The van der Waals surface area contributed by atoms with Crippen LogP contribution in [0.15, 0.2) is 18.2 Å². The number of halogens is 5. The van der Waals surface area contributed by atoms with Crippen molar-refractivity contribution in [2.45, 2.75) is 31.5 Å². The summed E-state index contributed by atoms with van der Waals surface area (Å²) in [6.45, 7) is -0.142. The van der Waals surface area contributed by atoms with Crippen LogP contribution in [0.1, 0.15) is 18.4 Å². The predicted molar refractivity (Wildman–Crippen MR) is 60.6 cm³/mol. The molecule has 0 aliphatic carbocycles. The number of rotatable bonds is 2. The molecule has 0 bridgehead atoms. The zero-order valence-corrected chi connectivity index (χ0v) is 10.1. The first-order valence-corrected chi connectivity index (χ1v) is 6.10. The third-order valence-electron chi connectivity index (χ3n) is 3.46. The molecule has 1 fully saturated rings. The van der Waals surface area contributed by atoms with Crippen LogP contribution >= 0.6 is 0 Å². The molecule has 1 aliphatic rings. The van der Waals surface area contributed by atoms with Crippen LogP contribution in [-0.2, 0) is 6.42 Å². The molecule has 6 heteroatoms. The van der Waals surface area contributed by atoms with Crippen LogP contribution in [0.4, 0.5) is 22.0 Å². The summed E-state index contributed by atoms with van der Waals surface area (Å²) >= 11 is 0. The van der Waals surface area contributed by atoms with Crippen molar-refractivity contribution in [1.82, 2.24) is 5.32 Å². The van der Waals surface area contributed by atoms with Gasteiger partial charge in [-0.2, -0.15) is 13.2 Å². The summed E-state index contributed by atoms with van der Waals surface area (Å²) in [5.74, 6) is -2.64. The van der Waals surface area contributed by atoms with Gasteiger partial charge in [0.2, 0.25) is 0 Å². The van der Waals surface area contributed by atoms with Gasteiger partial charge in [-0.1, -0.05) is 6.07 Å². The molecule has 1 heterocycles. The Kier molecular flexibility index (Phi) is 4.08. The Hall–Kier alpha value is -1.17. The zero-order chi connectivity index (χ0) is 14.0. The van der Waals surface area contributed by atoms with Gasteiger partial charge < -0.3 is 5.32 Å². The molecule has 1 N–H and O–H groups in total. The number of hydrogen-bond acceptors (Lipinski definition) is 1. The molecule has 1 saturated heterocycles. The van der Waals surface area contributed by atoms with Crippen molar-refractivity contribution in [3.63, 3.8) is 0 Å². The fraction of sp³-hybridized carbons (Fsp3) is 0.538. The fourth-order valence-electron chi connectivity index (χ4n) is 2.32. The minimum absolute atomic E-state index is 0.0456. The molecule has 1 aromatic rings. The minimum Gasteiger partial charge on any atom is -0.313 e. The second-order valence-corrected chi connectivity index (χ2v) is 4.86. The van der Waals surface area contributed by atoms with E-state index in [9.17, 15) is 22.0 Å². The van der Waals surface area contributed by atoms with E-state index in [1.807, 2.05) is 0 Å². The van der Waals surface area contributed by atoms with E-state index in [2.05, 4.69) is 5.32 Å². The molecular weight excluding hydrogens is 265 g/mol. The Morgan fingerprint density at radius 2 is 1.89 bits per heavy atom. The van der Waals surface area contributed by atoms with Gasteiger partial charge in [0.15, 0.2) is 0 Å². The van der Waals surface area contributed by atoms with E-state index < -0.39 is 23.7 Å². The molecule has 2 rings (SSSR count). The molecule has 0 saturated carbocycles. The van der Waals surface area contributed by atoms with E-state index in [1.165, 1.54) is 6.07 Å². The minimum atomic E-state index is -4.18. The number of alkyl halides is 3. The third-order valence-corrected chi connectivity index (χ3v) is 3.46. The lowest BCUT2D eigenvalue weighted by Gasteiger charge is -2.31. The molecule has 1 aliphatic heterocycles. The highest BCUT2D eigenvalue weighted by molar-refractivity contribution is 5.19. The molecule has 1 aromatic carbocycles. The molecule has 2 atom stereocenters. The van der Waals surface area contributed by atoms with Gasteiger partial charge in [0.1, 0.15) is 11.6 Å². The van der Waals surface area contributed by atoms with Crippen molar-refractivity contribution in [2.75, 3.05) is 6.54 Å². The summed E-state index contributed by atoms with van der Waals surface area (Å²) in [4.78, 5) is 0. The number of nitrogens with one attached hydrogen (secondary N) is 1. The topological polar surface area (TPSA) is 12.0 Å². The maximum Gasteiger partial charge on any atom is 0.393 e. The largest absolute Gasteiger partial charge is 0.393 e. The van der Waals surface area contributed by atoms with Crippen LogP contribution < -0.4 is 5.32 Å². The zero-order valence-electron chi connectivity index (χ0n) is 10.1. The molecule has 0 aromatic heterocycles. The van der Waals surface area contributed by atoms with Crippen molar-refractivity contribution >= 4 is 0 Å². The first-order chi connectivity index (χ1) is 8.86. The van der Waals surface area contributed by atoms with Crippen molar-refractivity contribution in [3.8, 4) is 0 Å². The summed E-state index contributed by atoms with van der Waals surface area (Å²) < 4.78 is 63.5. The van der Waals surface area contributed by atoms with Crippen molar-refractivity contribution in [1.29, 1.82) is 0 Å². The van der Waals surface area contributed by atoms with E-state index in [1.54, 1.807) is 0 Å². The molecule has 0 amide bonds. The molecule has 106 valence electrons. The van der Waals surface area contributed by atoms with E-state index in [-0.39, 0.29) is 25.4 Å². The van der Waals surface area contributed by atoms with Crippen LogP contribution in [0.5, 0.6) is 0 Å². The second-order valence-electron chi connectivity index (χ2n) is 4.86. The maximum atomic E-state index is 13.4. The Labute approximate surface area is 107 Å². The summed E-state index contributed by atoms with van der Waals surface area (Å²) in [5, 5.41) is 2.79. The molecule has 0 radical (unpaired) electrons. The van der Waals surface area contributed by atoms with E-state index >= 15 is 0 Å². The predicted octanol–water partition coefficient (Wildman–Crippen LogP) is 3.44. The first-order valence-electron chi connectivity index (χ1n) is 6.10. The number of piperidine rings is 1. The van der Waals surface area contributed by atoms with Crippen molar-refractivity contribution in [3.05, 3.63) is 35.4 Å². The molecular formula is C13H14F5N. The normalized spacial score (nSPS) is 24.5. The van der Waals surface area contributed by atoms with Crippen molar-refractivity contribution in [2.24, 2.45) is 5.92 Å². The lowest BCUT2D eigenvalue weighted by atomic mass is 9.91. The van der Waals surface area contributed by atoms with Crippen LogP contribution in [0.3, 0.4) is 0 Å². The van der Waals surface area contributed by atoms with Crippen LogP contribution in [0.2, 0.25) is 0 Å². The van der Waals surface area contributed by atoms with Gasteiger partial charge in [0, 0.05) is 18.7 Å². The second kappa shape index (κ2) is 5.45. The lowest BCUT2D eigenvalue weighted by Crippen LogP contribution is -2.45. The maximum absolute atomic E-state index is 13.4. The van der Waals surface area contributed by atoms with E-state index in [0.29, 0.717) is 12.0 Å². The van der Waals surface area contributed by atoms with E-state index in [0.717, 1.165) is 12.1 Å². The molecule has 1 nitrogen and oxygen atoms in total. The van der Waals surface area contributed by atoms with Gasteiger partial charge in [0.25, 0.3) is 0 Å². The first kappa shape index (κ1) is 14.2. The van der Waals surface area contributed by atoms with Crippen LogP contribution in [0.25, 0.3) is 0 Å². The fourth-order valence-corrected chi connectivity index (χ4v) is 2.32. The van der Waals surface area contributed by atoms with E-state index in [4.69, 9.17) is 0 Å². The van der Waals surface area contributed by atoms with Gasteiger partial charge in [-0.15, -0.1) is 0 Å². The molecule has 0 spiro atoms. The van der Waals surface area contributed by atoms with Gasteiger partial charge in [0.05, 0.1) is 5.92 Å². The highest BCUT2D eigenvalue weighted by Gasteiger charge is 2.41. The number of benzene rings is 1. The third kappa shape index (κ3) is 3.65. The van der Waals surface area contributed by atoms with Crippen molar-refractivity contribution < 1.29 is 22.0 Å². The standard InChI is InChI=1S/C13H14F5N/c14-10-3-1-8(12(15)6-10)5-11-4-2-9(7-19-11)13(16,17)18/h1,3,6,9,11,19H,2,4-5,7H2. The van der Waals surface area contributed by atoms with Crippen LogP contribution in [0, 0.1) is 17.6 Å². The average molecular weight is 279 g/mol. The van der Waals surface area contributed by atoms with Gasteiger partial charge in [-0.25, -0.2) is 8.78 Å². The van der Waals surface area contributed by atoms with Gasteiger partial charge in [-0.3, -0.25) is 0 Å². The highest BCUT2D eigenvalue weighted by Crippen LogP contribution is 2.32. The molecule has 2 unspecified atom stereocenters. The summed E-state index contributed by atoms with van der Waals surface area (Å²) in [7, 11) is 0. The van der Waals surface area contributed by atoms with Gasteiger partial charge >= 0.3 is 6.18 Å². The lowest BCUT2D eigenvalue weighted by molar-refractivity contribution is -0.179. The smallest absolute Gasteiger partial charge is 0.313 e. The molecule has 19 heavy (non-hydrogen) atoms. The Morgan fingerprint density at radius 1 is 1.16 bits per heavy atom. The summed E-state index contributed by atoms with van der Waals surface area (Å²) in [5.41, 5.74) is 0.323. The highest BCUT2D eigenvalue weighted by atomic mass is 19.4. The van der Waals surface area contributed by atoms with Gasteiger partial charge in [-0.05, 0) is 30.9 Å². The SMILES string of the molecule is Fc1ccc(CC2CCC(C(F)(F)F)CN2)c(F)c1. The number of hydrogen-bond donors (Lipinski definition) is 1. The monoisotopic (exact) mass is 279 g/mol. The van der Waals surface area contributed by atoms with Crippen LogP contribution in [-0.4, -0.2) is 18.8 Å². The summed E-state index contributed by atoms with van der Waals surface area (Å²) in [6.07, 6.45) is -3.53. The Bertz CT molecular complexity index is 435.